The molecule has 3 aromatic rings. The molecule has 1 unspecified atom stereocenters. The Kier molecular flexibility index (Phi) is 10.5. The average Bonchev–Trinajstić information content (AvgIpc) is 3.63. The number of carbonyl (C=O) groups is 1. The van der Waals surface area contributed by atoms with Crippen LogP contribution in [0, 0.1) is 0 Å². The van der Waals surface area contributed by atoms with Crippen LogP contribution in [0.5, 0.6) is 5.75 Å². The number of amides is 1. The molecule has 43 heavy (non-hydrogen) atoms. The monoisotopic (exact) mass is 615 g/mol. The van der Waals surface area contributed by atoms with Crippen LogP contribution in [-0.4, -0.2) is 33.9 Å². The van der Waals surface area contributed by atoms with Gasteiger partial charge in [0, 0.05) is 28.6 Å². The minimum Gasteiger partial charge on any atom is -0.406 e. The molecule has 1 aliphatic heterocycles. The molecular weight excluding hydrogens is 583 g/mol. The summed E-state index contributed by atoms with van der Waals surface area (Å²) in [6.07, 6.45) is 1.05. The van der Waals surface area contributed by atoms with E-state index in [1.807, 2.05) is 29.8 Å². The molecule has 1 atom stereocenters. The standard InChI is InChI=1S/C30H33ClF3N7O2/c1-4-22(8-5-19(2)15-16-31)20(3)27-17-26(23-11-13-25(14-12-23)43-30(32,33)34)38-41(27)18-21-6-9-24(10-7-21)28(42)35-29-36-39-40-37-29/h5-14,17,20,39-40H,4,15-16,18H2,1-3H3,(H2,35,36,37,42)/b19-5+,22-8+. The van der Waals surface area contributed by atoms with E-state index < -0.39 is 6.36 Å². The number of hydrazine groups is 2. The van der Waals surface area contributed by atoms with Gasteiger partial charge in [-0.05, 0) is 67.8 Å². The van der Waals surface area contributed by atoms with Gasteiger partial charge in [-0.25, -0.2) is 5.53 Å². The molecule has 2 heterocycles. The van der Waals surface area contributed by atoms with E-state index in [9.17, 15) is 18.0 Å². The summed E-state index contributed by atoms with van der Waals surface area (Å²) in [5.74, 6) is 0.170. The fraction of sp³-hybridized carbons (Fsp3) is 0.300. The first kappa shape index (κ1) is 31.6. The molecule has 4 N–H and O–H groups in total. The van der Waals surface area contributed by atoms with Crippen molar-refractivity contribution in [1.29, 1.82) is 0 Å². The number of hydrazone groups is 1. The number of hydrogen-bond donors (Lipinski definition) is 4. The van der Waals surface area contributed by atoms with Gasteiger partial charge in [0.2, 0.25) is 5.96 Å². The fourth-order valence-corrected chi connectivity index (χ4v) is 4.79. The van der Waals surface area contributed by atoms with Gasteiger partial charge in [0.25, 0.3) is 5.91 Å². The lowest BCUT2D eigenvalue weighted by Crippen LogP contribution is -2.43. The maximum Gasteiger partial charge on any atom is 0.573 e. The zero-order valence-corrected chi connectivity index (χ0v) is 24.7. The van der Waals surface area contributed by atoms with E-state index in [0.29, 0.717) is 29.2 Å². The summed E-state index contributed by atoms with van der Waals surface area (Å²) in [7, 11) is 0. The Labute approximate surface area is 252 Å². The summed E-state index contributed by atoms with van der Waals surface area (Å²) in [6, 6.07) is 14.8. The smallest absolute Gasteiger partial charge is 0.406 e. The van der Waals surface area contributed by atoms with Crippen molar-refractivity contribution in [3.63, 3.8) is 0 Å². The highest BCUT2D eigenvalue weighted by Gasteiger charge is 2.31. The first-order chi connectivity index (χ1) is 20.6. The molecule has 4 rings (SSSR count). The highest BCUT2D eigenvalue weighted by Crippen LogP contribution is 2.32. The van der Waals surface area contributed by atoms with Gasteiger partial charge in [0.05, 0.1) is 12.2 Å². The van der Waals surface area contributed by atoms with Gasteiger partial charge in [0.15, 0.2) is 0 Å². The third-order valence-electron chi connectivity index (χ3n) is 6.86. The minimum atomic E-state index is -4.77. The summed E-state index contributed by atoms with van der Waals surface area (Å²) >= 11 is 5.90. The normalized spacial score (nSPS) is 14.5. The second kappa shape index (κ2) is 14.3. The second-order valence-electron chi connectivity index (χ2n) is 9.93. The van der Waals surface area contributed by atoms with Crippen LogP contribution in [0.3, 0.4) is 0 Å². The van der Waals surface area contributed by atoms with Crippen LogP contribution in [0.4, 0.5) is 13.2 Å². The molecule has 0 saturated carbocycles. The van der Waals surface area contributed by atoms with Crippen LogP contribution in [0.2, 0.25) is 0 Å². The topological polar surface area (TPSA) is 105 Å². The van der Waals surface area contributed by atoms with Crippen molar-refractivity contribution in [3.05, 3.63) is 94.7 Å². The number of halogens is 4. The lowest BCUT2D eigenvalue weighted by atomic mass is 9.93. The maximum atomic E-state index is 12.7. The number of guanidine groups is 1. The first-order valence-corrected chi connectivity index (χ1v) is 14.2. The van der Waals surface area contributed by atoms with Crippen LogP contribution >= 0.6 is 11.6 Å². The van der Waals surface area contributed by atoms with Gasteiger partial charge >= 0.3 is 6.36 Å². The molecule has 228 valence electrons. The summed E-state index contributed by atoms with van der Waals surface area (Å²) in [5, 5.41) is 11.3. The second-order valence-corrected chi connectivity index (χ2v) is 10.3. The summed E-state index contributed by atoms with van der Waals surface area (Å²) in [6.45, 7) is 6.66. The molecule has 0 saturated heterocycles. The number of ether oxygens (including phenoxy) is 1. The molecule has 13 heteroatoms. The number of nitrogens with one attached hydrogen (secondary N) is 4. The molecule has 2 aromatic carbocycles. The van der Waals surface area contributed by atoms with Crippen molar-refractivity contribution >= 4 is 23.5 Å². The van der Waals surface area contributed by atoms with E-state index in [1.165, 1.54) is 23.3 Å². The number of alkyl halides is 4. The van der Waals surface area contributed by atoms with Crippen LogP contribution in [0.15, 0.2) is 83.0 Å². The molecule has 1 aliphatic rings. The Morgan fingerprint density at radius 1 is 1.14 bits per heavy atom. The highest BCUT2D eigenvalue weighted by molar-refractivity contribution is 6.18. The van der Waals surface area contributed by atoms with E-state index in [0.717, 1.165) is 24.1 Å². The number of hydrogen-bond acceptors (Lipinski definition) is 7. The molecule has 0 fully saturated rings. The van der Waals surface area contributed by atoms with Gasteiger partial charge in [-0.1, -0.05) is 49.3 Å². The number of benzene rings is 2. The third-order valence-corrected chi connectivity index (χ3v) is 7.05. The van der Waals surface area contributed by atoms with Crippen LogP contribution in [0.25, 0.3) is 11.3 Å². The lowest BCUT2D eigenvalue weighted by Gasteiger charge is -2.17. The largest absolute Gasteiger partial charge is 0.573 e. The van der Waals surface area contributed by atoms with E-state index in [4.69, 9.17) is 16.7 Å². The third kappa shape index (κ3) is 8.85. The van der Waals surface area contributed by atoms with Gasteiger partial charge in [-0.15, -0.1) is 35.4 Å². The zero-order valence-electron chi connectivity index (χ0n) is 23.9. The maximum absolute atomic E-state index is 12.7. The predicted molar refractivity (Wildman–Crippen MR) is 160 cm³/mol. The average molecular weight is 616 g/mol. The quantitative estimate of drug-likeness (QED) is 0.153. The molecule has 1 amide bonds. The number of rotatable bonds is 11. The molecule has 9 nitrogen and oxygen atoms in total. The van der Waals surface area contributed by atoms with Crippen LogP contribution < -0.4 is 26.5 Å². The Hall–Kier alpha value is -4.29. The fourth-order valence-electron chi connectivity index (χ4n) is 4.49. The Morgan fingerprint density at radius 2 is 1.86 bits per heavy atom. The Balaban J connectivity index is 1.63. The predicted octanol–water partition coefficient (Wildman–Crippen LogP) is 6.13. The van der Waals surface area contributed by atoms with E-state index in [-0.39, 0.29) is 23.5 Å². The summed E-state index contributed by atoms with van der Waals surface area (Å²) < 4.78 is 43.9. The van der Waals surface area contributed by atoms with Crippen molar-refractivity contribution in [1.82, 2.24) is 31.6 Å². The van der Waals surface area contributed by atoms with Gasteiger partial charge in [-0.2, -0.15) is 5.10 Å². The number of allylic oxidation sites excluding steroid dienone is 4. The SMILES string of the molecule is CC/C(=C\C=C(/C)CCCl)C(C)c1cc(-c2ccc(OC(F)(F)F)cc2)nn1Cc1ccc(C(=O)NC2=NNNN2)cc1. The van der Waals surface area contributed by atoms with Gasteiger partial charge < -0.3 is 4.74 Å². The number of aromatic nitrogens is 2. The summed E-state index contributed by atoms with van der Waals surface area (Å²) in [5.41, 5.74) is 13.6. The molecular formula is C30H33ClF3N7O2. The molecule has 0 bridgehead atoms. The first-order valence-electron chi connectivity index (χ1n) is 13.7. The van der Waals surface area contributed by atoms with E-state index in [2.05, 4.69) is 57.6 Å². The Bertz CT molecular complexity index is 1500. The van der Waals surface area contributed by atoms with Gasteiger partial charge in [-0.3, -0.25) is 20.2 Å². The Morgan fingerprint density at radius 3 is 2.47 bits per heavy atom. The minimum absolute atomic E-state index is 0.00825. The highest BCUT2D eigenvalue weighted by atomic mass is 35.5. The van der Waals surface area contributed by atoms with Crippen molar-refractivity contribution in [2.24, 2.45) is 5.10 Å². The van der Waals surface area contributed by atoms with Crippen molar-refractivity contribution in [3.8, 4) is 17.0 Å². The summed E-state index contributed by atoms with van der Waals surface area (Å²) in [4.78, 5) is 12.5. The van der Waals surface area contributed by atoms with E-state index >= 15 is 0 Å². The van der Waals surface area contributed by atoms with E-state index in [1.54, 1.807) is 24.3 Å². The molecule has 1 aromatic heterocycles. The lowest BCUT2D eigenvalue weighted by molar-refractivity contribution is -0.274. The molecule has 0 radical (unpaired) electrons. The van der Waals surface area contributed by atoms with Crippen LogP contribution in [0.1, 0.15) is 61.1 Å². The number of carbonyl (C=O) groups excluding carboxylic acids is 1. The molecule has 0 spiro atoms. The zero-order chi connectivity index (χ0) is 31.0. The van der Waals surface area contributed by atoms with Crippen molar-refractivity contribution < 1.29 is 22.7 Å². The number of nitrogens with zero attached hydrogens (tertiary/aromatic N) is 3. The van der Waals surface area contributed by atoms with Crippen molar-refractivity contribution in [2.45, 2.75) is 52.4 Å². The van der Waals surface area contributed by atoms with Crippen LogP contribution in [-0.2, 0) is 6.54 Å². The van der Waals surface area contributed by atoms with Gasteiger partial charge in [0.1, 0.15) is 5.75 Å². The van der Waals surface area contributed by atoms with Crippen molar-refractivity contribution in [2.75, 3.05) is 5.88 Å². The molecule has 0 aliphatic carbocycles.